The SMILES string of the molecule is CC(C)c1cc2c(o1)CCCC2(N)CO. The molecule has 1 heterocycles. The number of aliphatic hydroxyl groups is 1. The van der Waals surface area contributed by atoms with Gasteiger partial charge in [0.1, 0.15) is 11.5 Å². The Labute approximate surface area is 90.3 Å². The summed E-state index contributed by atoms with van der Waals surface area (Å²) >= 11 is 0. The van der Waals surface area contributed by atoms with Crippen molar-refractivity contribution in [1.82, 2.24) is 0 Å². The molecule has 0 saturated heterocycles. The van der Waals surface area contributed by atoms with E-state index in [2.05, 4.69) is 13.8 Å². The van der Waals surface area contributed by atoms with E-state index in [9.17, 15) is 5.11 Å². The lowest BCUT2D eigenvalue weighted by atomic mass is 9.81. The van der Waals surface area contributed by atoms with Crippen LogP contribution in [0.4, 0.5) is 0 Å². The van der Waals surface area contributed by atoms with Gasteiger partial charge in [-0.2, -0.15) is 0 Å². The van der Waals surface area contributed by atoms with Crippen molar-refractivity contribution in [3.8, 4) is 0 Å². The van der Waals surface area contributed by atoms with Crippen LogP contribution in [0, 0.1) is 0 Å². The van der Waals surface area contributed by atoms with E-state index in [1.54, 1.807) is 0 Å². The maximum Gasteiger partial charge on any atom is 0.109 e. The van der Waals surface area contributed by atoms with Gasteiger partial charge in [0.2, 0.25) is 0 Å². The van der Waals surface area contributed by atoms with Gasteiger partial charge in [-0.1, -0.05) is 13.8 Å². The average molecular weight is 209 g/mol. The minimum Gasteiger partial charge on any atom is -0.465 e. The zero-order valence-corrected chi connectivity index (χ0v) is 9.42. The first-order valence-electron chi connectivity index (χ1n) is 5.59. The molecule has 0 bridgehead atoms. The van der Waals surface area contributed by atoms with E-state index in [1.807, 2.05) is 6.07 Å². The zero-order valence-electron chi connectivity index (χ0n) is 9.42. The minimum absolute atomic E-state index is 0.00291. The molecule has 3 nitrogen and oxygen atoms in total. The standard InChI is InChI=1S/C12H19NO2/c1-8(2)11-6-9-10(15-11)4-3-5-12(9,13)7-14/h6,8,14H,3-5,7,13H2,1-2H3. The lowest BCUT2D eigenvalue weighted by molar-refractivity contribution is 0.175. The molecular formula is C12H19NO2. The molecular weight excluding hydrogens is 190 g/mol. The van der Waals surface area contributed by atoms with Crippen LogP contribution in [-0.2, 0) is 12.0 Å². The third-order valence-electron chi connectivity index (χ3n) is 3.24. The fourth-order valence-electron chi connectivity index (χ4n) is 2.20. The highest BCUT2D eigenvalue weighted by Crippen LogP contribution is 2.36. The van der Waals surface area contributed by atoms with Gasteiger partial charge >= 0.3 is 0 Å². The van der Waals surface area contributed by atoms with Gasteiger partial charge in [-0.15, -0.1) is 0 Å². The highest BCUT2D eigenvalue weighted by molar-refractivity contribution is 5.33. The summed E-state index contributed by atoms with van der Waals surface area (Å²) in [7, 11) is 0. The van der Waals surface area contributed by atoms with Gasteiger partial charge in [0.15, 0.2) is 0 Å². The van der Waals surface area contributed by atoms with Crippen molar-refractivity contribution in [1.29, 1.82) is 0 Å². The molecule has 1 aromatic heterocycles. The second-order valence-corrected chi connectivity index (χ2v) is 4.81. The maximum absolute atomic E-state index is 9.38. The molecule has 1 unspecified atom stereocenters. The molecule has 84 valence electrons. The molecule has 3 heteroatoms. The molecule has 1 aliphatic rings. The van der Waals surface area contributed by atoms with Crippen molar-refractivity contribution >= 4 is 0 Å². The van der Waals surface area contributed by atoms with Gasteiger partial charge in [-0.05, 0) is 18.9 Å². The fourth-order valence-corrected chi connectivity index (χ4v) is 2.20. The van der Waals surface area contributed by atoms with Gasteiger partial charge in [0.25, 0.3) is 0 Å². The summed E-state index contributed by atoms with van der Waals surface area (Å²) in [5, 5.41) is 9.38. The first-order valence-corrected chi connectivity index (χ1v) is 5.59. The molecule has 2 rings (SSSR count). The Balaban J connectivity index is 2.43. The maximum atomic E-state index is 9.38. The van der Waals surface area contributed by atoms with Crippen molar-refractivity contribution in [2.75, 3.05) is 6.61 Å². The molecule has 0 saturated carbocycles. The Hall–Kier alpha value is -0.800. The predicted molar refractivity (Wildman–Crippen MR) is 58.7 cm³/mol. The van der Waals surface area contributed by atoms with E-state index < -0.39 is 5.54 Å². The third-order valence-corrected chi connectivity index (χ3v) is 3.24. The second kappa shape index (κ2) is 3.65. The van der Waals surface area contributed by atoms with Crippen LogP contribution in [-0.4, -0.2) is 11.7 Å². The van der Waals surface area contributed by atoms with Crippen LogP contribution in [0.2, 0.25) is 0 Å². The van der Waals surface area contributed by atoms with Crippen molar-refractivity contribution in [2.45, 2.75) is 44.6 Å². The lowest BCUT2D eigenvalue weighted by Gasteiger charge is -2.30. The monoisotopic (exact) mass is 209 g/mol. The first-order chi connectivity index (χ1) is 7.07. The highest BCUT2D eigenvalue weighted by Gasteiger charge is 2.35. The fraction of sp³-hybridized carbons (Fsp3) is 0.667. The number of hydrogen-bond acceptors (Lipinski definition) is 3. The van der Waals surface area contributed by atoms with Gasteiger partial charge < -0.3 is 15.3 Å². The van der Waals surface area contributed by atoms with Gasteiger partial charge in [0, 0.05) is 17.9 Å². The molecule has 15 heavy (non-hydrogen) atoms. The summed E-state index contributed by atoms with van der Waals surface area (Å²) in [5.74, 6) is 2.32. The number of aryl methyl sites for hydroxylation is 1. The highest BCUT2D eigenvalue weighted by atomic mass is 16.3. The molecule has 0 fully saturated rings. The van der Waals surface area contributed by atoms with E-state index in [-0.39, 0.29) is 6.61 Å². The molecule has 0 spiro atoms. The van der Waals surface area contributed by atoms with Crippen molar-refractivity contribution in [2.24, 2.45) is 5.73 Å². The van der Waals surface area contributed by atoms with Gasteiger partial charge in [-0.3, -0.25) is 0 Å². The van der Waals surface area contributed by atoms with Crippen LogP contribution in [0.15, 0.2) is 10.5 Å². The van der Waals surface area contributed by atoms with E-state index in [4.69, 9.17) is 10.2 Å². The Bertz CT molecular complexity index is 357. The second-order valence-electron chi connectivity index (χ2n) is 4.81. The van der Waals surface area contributed by atoms with E-state index in [1.165, 1.54) is 0 Å². The first kappa shape index (κ1) is 10.7. The summed E-state index contributed by atoms with van der Waals surface area (Å²) in [6.45, 7) is 4.19. The quantitative estimate of drug-likeness (QED) is 0.782. The van der Waals surface area contributed by atoms with Gasteiger partial charge in [0.05, 0.1) is 12.1 Å². The third kappa shape index (κ3) is 1.70. The van der Waals surface area contributed by atoms with Crippen LogP contribution < -0.4 is 5.73 Å². The number of fused-ring (bicyclic) bond motifs is 1. The summed E-state index contributed by atoms with van der Waals surface area (Å²) in [5.41, 5.74) is 6.61. The predicted octanol–water partition coefficient (Wildman–Crippen LogP) is 1.89. The number of aliphatic hydroxyl groups excluding tert-OH is 1. The summed E-state index contributed by atoms with van der Waals surface area (Å²) in [6.07, 6.45) is 2.78. The largest absolute Gasteiger partial charge is 0.465 e. The summed E-state index contributed by atoms with van der Waals surface area (Å²) in [6, 6.07) is 2.02. The molecule has 1 aromatic rings. The number of hydrogen-bond donors (Lipinski definition) is 2. The Kier molecular flexibility index (Phi) is 2.61. The van der Waals surface area contributed by atoms with Crippen LogP contribution in [0.3, 0.4) is 0 Å². The number of rotatable bonds is 2. The molecule has 0 aromatic carbocycles. The molecule has 1 atom stereocenters. The summed E-state index contributed by atoms with van der Waals surface area (Å²) < 4.78 is 5.77. The molecule has 0 aliphatic heterocycles. The van der Waals surface area contributed by atoms with Crippen molar-refractivity contribution in [3.63, 3.8) is 0 Å². The lowest BCUT2D eigenvalue weighted by Crippen LogP contribution is -2.42. The minimum atomic E-state index is -0.579. The Morgan fingerprint density at radius 2 is 2.33 bits per heavy atom. The van der Waals surface area contributed by atoms with Crippen LogP contribution >= 0.6 is 0 Å². The van der Waals surface area contributed by atoms with E-state index in [0.29, 0.717) is 5.92 Å². The van der Waals surface area contributed by atoms with E-state index in [0.717, 1.165) is 36.3 Å². The van der Waals surface area contributed by atoms with Crippen molar-refractivity contribution in [3.05, 3.63) is 23.2 Å². The summed E-state index contributed by atoms with van der Waals surface area (Å²) in [4.78, 5) is 0. The van der Waals surface area contributed by atoms with Crippen LogP contribution in [0.5, 0.6) is 0 Å². The Morgan fingerprint density at radius 1 is 1.60 bits per heavy atom. The zero-order chi connectivity index (χ0) is 11.1. The number of nitrogens with two attached hydrogens (primary N) is 1. The van der Waals surface area contributed by atoms with Gasteiger partial charge in [-0.25, -0.2) is 0 Å². The normalized spacial score (nSPS) is 25.7. The molecule has 3 N–H and O–H groups in total. The molecule has 0 radical (unpaired) electrons. The number of furan rings is 1. The smallest absolute Gasteiger partial charge is 0.109 e. The van der Waals surface area contributed by atoms with E-state index >= 15 is 0 Å². The van der Waals surface area contributed by atoms with Crippen LogP contribution in [0.1, 0.15) is 49.7 Å². The molecule has 0 amide bonds. The van der Waals surface area contributed by atoms with Crippen molar-refractivity contribution < 1.29 is 9.52 Å². The van der Waals surface area contributed by atoms with Crippen LogP contribution in [0.25, 0.3) is 0 Å². The average Bonchev–Trinajstić information content (AvgIpc) is 2.63. The topological polar surface area (TPSA) is 59.4 Å². The Morgan fingerprint density at radius 3 is 2.93 bits per heavy atom. The molecule has 1 aliphatic carbocycles.